The minimum Gasteiger partial charge on any atom is -0.467 e. The van der Waals surface area contributed by atoms with E-state index < -0.39 is 95.8 Å². The zero-order valence-electron chi connectivity index (χ0n) is 32.4. The van der Waals surface area contributed by atoms with Crippen molar-refractivity contribution in [3.05, 3.63) is 0 Å². The summed E-state index contributed by atoms with van der Waals surface area (Å²) in [5.41, 5.74) is -2.65. The Morgan fingerprint density at radius 3 is 2.02 bits per heavy atom. The zero-order valence-corrected chi connectivity index (χ0v) is 32.4. The molecule has 5 rings (SSSR count). The Labute approximate surface area is 315 Å². The molecule has 1 heterocycles. The van der Waals surface area contributed by atoms with E-state index >= 15 is 0 Å². The molecule has 4 aliphatic carbocycles. The van der Waals surface area contributed by atoms with E-state index in [-0.39, 0.29) is 42.1 Å². The second kappa shape index (κ2) is 16.0. The predicted molar refractivity (Wildman–Crippen MR) is 182 cm³/mol. The molecule has 0 radical (unpaired) electrons. The highest BCUT2D eigenvalue weighted by Crippen LogP contribution is 2.69. The van der Waals surface area contributed by atoms with Crippen molar-refractivity contribution in [1.29, 1.82) is 0 Å². The topological polar surface area (TPSA) is 217 Å². The van der Waals surface area contributed by atoms with Crippen molar-refractivity contribution in [3.8, 4) is 0 Å². The van der Waals surface area contributed by atoms with Crippen LogP contribution in [0, 0.1) is 34.5 Å². The van der Waals surface area contributed by atoms with Gasteiger partial charge in [0.25, 0.3) is 0 Å². The van der Waals surface area contributed by atoms with Gasteiger partial charge in [-0.05, 0) is 80.5 Å². The van der Waals surface area contributed by atoms with E-state index in [1.165, 1.54) is 13.8 Å². The molecule has 16 nitrogen and oxygen atoms in total. The number of aliphatic hydroxyl groups is 2. The maximum absolute atomic E-state index is 12.9. The third-order valence-corrected chi connectivity index (χ3v) is 13.2. The van der Waals surface area contributed by atoms with Crippen LogP contribution in [0.15, 0.2) is 0 Å². The van der Waals surface area contributed by atoms with Crippen LogP contribution in [0.25, 0.3) is 0 Å². The summed E-state index contributed by atoms with van der Waals surface area (Å²) in [5.74, 6) is -4.31. The second-order valence-corrected chi connectivity index (χ2v) is 16.3. The fraction of sp³-hybridized carbons (Fsp3) is 0.842. The maximum atomic E-state index is 12.9. The molecule has 16 heteroatoms. The highest BCUT2D eigenvalue weighted by atomic mass is 16.7. The van der Waals surface area contributed by atoms with Gasteiger partial charge >= 0.3 is 35.8 Å². The van der Waals surface area contributed by atoms with Crippen LogP contribution >= 0.6 is 0 Å². The molecule has 0 aromatic rings. The Bertz CT molecular complexity index is 1470. The van der Waals surface area contributed by atoms with Crippen LogP contribution in [-0.4, -0.2) is 114 Å². The van der Waals surface area contributed by atoms with Gasteiger partial charge in [-0.25, -0.2) is 4.79 Å². The van der Waals surface area contributed by atoms with Gasteiger partial charge < -0.3 is 48.1 Å². The molecule has 15 atom stereocenters. The van der Waals surface area contributed by atoms with Crippen LogP contribution in [0.4, 0.5) is 0 Å². The first-order valence-corrected chi connectivity index (χ1v) is 18.9. The van der Waals surface area contributed by atoms with Crippen molar-refractivity contribution in [1.82, 2.24) is 0 Å². The van der Waals surface area contributed by atoms with Crippen LogP contribution in [0.5, 0.6) is 0 Å². The Morgan fingerprint density at radius 2 is 1.43 bits per heavy atom. The number of fused-ring (bicyclic) bond motifs is 5. The molecule has 1 saturated heterocycles. The monoisotopic (exact) mass is 768 g/mol. The lowest BCUT2D eigenvalue weighted by molar-refractivity contribution is -0.315. The minimum atomic E-state index is -1.56. The average Bonchev–Trinajstić information content (AvgIpc) is 3.34. The quantitative estimate of drug-likeness (QED) is 0.185. The molecule has 4 saturated carbocycles. The fourth-order valence-electron chi connectivity index (χ4n) is 11.1. The number of methoxy groups -OCH3 is 1. The van der Waals surface area contributed by atoms with Gasteiger partial charge in [0.15, 0.2) is 36.8 Å². The van der Waals surface area contributed by atoms with Crippen molar-refractivity contribution in [2.75, 3.05) is 13.7 Å². The molecule has 0 bridgehead atoms. The Balaban J connectivity index is 1.36. The van der Waals surface area contributed by atoms with E-state index in [2.05, 4.69) is 6.92 Å². The van der Waals surface area contributed by atoms with E-state index in [9.17, 15) is 39.0 Å². The highest BCUT2D eigenvalue weighted by molar-refractivity contribution is 5.77. The van der Waals surface area contributed by atoms with Crippen molar-refractivity contribution < 1.29 is 76.9 Å². The van der Waals surface area contributed by atoms with Crippen molar-refractivity contribution >= 4 is 35.8 Å². The molecule has 0 aromatic heterocycles. The number of carbonyl (C=O) groups is 6. The van der Waals surface area contributed by atoms with Crippen molar-refractivity contribution in [2.24, 2.45) is 34.5 Å². The number of esters is 6. The average molecular weight is 769 g/mol. The molecule has 9 unspecified atom stereocenters. The van der Waals surface area contributed by atoms with Gasteiger partial charge in [-0.2, -0.15) is 0 Å². The molecular weight excluding hydrogens is 712 g/mol. The van der Waals surface area contributed by atoms with Gasteiger partial charge in [-0.1, -0.05) is 13.8 Å². The summed E-state index contributed by atoms with van der Waals surface area (Å²) < 4.78 is 44.7. The fourth-order valence-corrected chi connectivity index (χ4v) is 11.1. The molecular formula is C38H56O16. The molecule has 2 N–H and O–H groups in total. The molecule has 54 heavy (non-hydrogen) atoms. The largest absolute Gasteiger partial charge is 0.467 e. The minimum absolute atomic E-state index is 0.0109. The number of carbonyl (C=O) groups excluding carboxylic acids is 6. The second-order valence-electron chi connectivity index (χ2n) is 16.3. The van der Waals surface area contributed by atoms with E-state index in [1.54, 1.807) is 0 Å². The third-order valence-electron chi connectivity index (χ3n) is 13.2. The Kier molecular flexibility index (Phi) is 12.4. The number of hydrogen-bond donors (Lipinski definition) is 2. The lowest BCUT2D eigenvalue weighted by atomic mass is 9.43. The van der Waals surface area contributed by atoms with Crippen molar-refractivity contribution in [3.63, 3.8) is 0 Å². The van der Waals surface area contributed by atoms with E-state index in [0.717, 1.165) is 40.7 Å². The third kappa shape index (κ3) is 7.85. The summed E-state index contributed by atoms with van der Waals surface area (Å²) in [6, 6.07) is 0. The summed E-state index contributed by atoms with van der Waals surface area (Å²) in [5, 5.41) is 24.4. The van der Waals surface area contributed by atoms with Crippen LogP contribution in [-0.2, 0) is 66.7 Å². The standard InChI is InChI=1S/C38H56O16/c1-18(39)48-17-28(49-19(2)40)38(46)14-12-26-25-10-9-23-15-24(11-13-36(23,6)29(25)27(44)16-37(26,38)7)53-35-33(52-22(5)43)31(51-21(4)42)30(50-20(3)41)32(54-35)34(45)47-8/h23-33,35,44,46H,9-17H2,1-8H3/t23?,24-,25?,26?,27?,28?,29?,30+,31+,32+,33-,35-,36?,37?,38?/m1/s1. The SMILES string of the molecule is COC(=O)[C@H]1O[C@@H](O[C@@H]2CCC3(C)C(CCC4C3C(O)CC3(C)C4CCC3(O)C(COC(C)=O)OC(C)=O)C2)[C@H](OC(C)=O)[C@@H](OC(C)=O)[C@@H]1OC(C)=O. The lowest BCUT2D eigenvalue weighted by Gasteiger charge is -2.63. The number of hydrogen-bond acceptors (Lipinski definition) is 16. The van der Waals surface area contributed by atoms with Gasteiger partial charge in [0.2, 0.25) is 0 Å². The molecule has 0 amide bonds. The van der Waals surface area contributed by atoms with Crippen LogP contribution in [0.1, 0.15) is 99.8 Å². The Hall–Kier alpha value is -3.34. The van der Waals surface area contributed by atoms with Gasteiger partial charge in [-0.15, -0.1) is 0 Å². The zero-order chi connectivity index (χ0) is 39.9. The van der Waals surface area contributed by atoms with E-state index in [0.29, 0.717) is 32.1 Å². The summed E-state index contributed by atoms with van der Waals surface area (Å²) >= 11 is 0. The number of ether oxygens (including phenoxy) is 8. The molecule has 304 valence electrons. The normalized spacial score (nSPS) is 41.8. The summed E-state index contributed by atoms with van der Waals surface area (Å²) in [7, 11) is 1.12. The van der Waals surface area contributed by atoms with Crippen LogP contribution < -0.4 is 0 Å². The van der Waals surface area contributed by atoms with Crippen LogP contribution in [0.2, 0.25) is 0 Å². The van der Waals surface area contributed by atoms with Crippen molar-refractivity contribution in [2.45, 2.75) is 154 Å². The highest BCUT2D eigenvalue weighted by Gasteiger charge is 2.69. The molecule has 5 fully saturated rings. The first-order valence-electron chi connectivity index (χ1n) is 18.9. The van der Waals surface area contributed by atoms with Crippen LogP contribution in [0.3, 0.4) is 0 Å². The van der Waals surface area contributed by atoms with Gasteiger partial charge in [-0.3, -0.25) is 24.0 Å². The van der Waals surface area contributed by atoms with Gasteiger partial charge in [0.1, 0.15) is 12.2 Å². The van der Waals surface area contributed by atoms with Gasteiger partial charge in [0, 0.05) is 40.0 Å². The molecule has 1 aliphatic heterocycles. The molecule has 0 aromatic carbocycles. The molecule has 5 aliphatic rings. The lowest BCUT2D eigenvalue weighted by Crippen LogP contribution is -2.65. The smallest absolute Gasteiger partial charge is 0.339 e. The number of rotatable bonds is 10. The van der Waals surface area contributed by atoms with E-state index in [4.69, 9.17) is 37.9 Å². The summed E-state index contributed by atoms with van der Waals surface area (Å²) in [6.07, 6.45) is -5.06. The first kappa shape index (κ1) is 41.8. The maximum Gasteiger partial charge on any atom is 0.339 e. The van der Waals surface area contributed by atoms with Gasteiger partial charge in [0.05, 0.1) is 19.3 Å². The number of aliphatic hydroxyl groups excluding tert-OH is 1. The predicted octanol–water partition coefficient (Wildman–Crippen LogP) is 2.30. The first-order chi connectivity index (χ1) is 25.2. The van der Waals surface area contributed by atoms with E-state index in [1.807, 2.05) is 6.92 Å². The Morgan fingerprint density at radius 1 is 0.796 bits per heavy atom. The molecule has 0 spiro atoms. The summed E-state index contributed by atoms with van der Waals surface area (Å²) in [4.78, 5) is 73.3. The summed E-state index contributed by atoms with van der Waals surface area (Å²) in [6.45, 7) is 9.76.